The van der Waals surface area contributed by atoms with Crippen molar-refractivity contribution < 1.29 is 14.4 Å². The molecule has 0 unspecified atom stereocenters. The zero-order chi connectivity index (χ0) is 16.4. The van der Waals surface area contributed by atoms with Crippen LogP contribution < -0.4 is 0 Å². The van der Waals surface area contributed by atoms with Crippen LogP contribution in [0.4, 0.5) is 4.79 Å². The van der Waals surface area contributed by atoms with Gasteiger partial charge in [0.15, 0.2) is 0 Å². The molecule has 0 bridgehead atoms. The second-order valence-corrected chi connectivity index (χ2v) is 7.74. The first kappa shape index (κ1) is 19.8. The highest BCUT2D eigenvalue weighted by atomic mass is 79.9. The van der Waals surface area contributed by atoms with Gasteiger partial charge in [0.25, 0.3) is 0 Å². The fourth-order valence-electron chi connectivity index (χ4n) is 1.50. The zero-order valence-corrected chi connectivity index (χ0v) is 15.7. The lowest BCUT2D eigenvalue weighted by atomic mass is 10.2. The summed E-state index contributed by atoms with van der Waals surface area (Å²) in [6, 6.07) is 9.52. The van der Waals surface area contributed by atoms with E-state index in [0.29, 0.717) is 6.54 Å². The van der Waals surface area contributed by atoms with Crippen LogP contribution in [0.3, 0.4) is 0 Å². The minimum atomic E-state index is -1.64. The highest BCUT2D eigenvalue weighted by molar-refractivity contribution is 9.09. The Morgan fingerprint density at radius 2 is 1.86 bits per heavy atom. The van der Waals surface area contributed by atoms with Crippen molar-refractivity contribution in [2.75, 3.05) is 18.5 Å². The number of ether oxygens (including phenoxy) is 1. The van der Waals surface area contributed by atoms with Crippen molar-refractivity contribution in [1.29, 1.82) is 0 Å². The van der Waals surface area contributed by atoms with Gasteiger partial charge in [-0.1, -0.05) is 81.1 Å². The van der Waals surface area contributed by atoms with Crippen molar-refractivity contribution in [3.05, 3.63) is 35.9 Å². The Bertz CT molecular complexity index is 443. The van der Waals surface area contributed by atoms with Crippen molar-refractivity contribution in [1.82, 2.24) is 5.06 Å². The number of benzene rings is 1. The van der Waals surface area contributed by atoms with Crippen molar-refractivity contribution >= 4 is 56.8 Å². The molecule has 1 rings (SSSR count). The van der Waals surface area contributed by atoms with E-state index in [4.69, 9.17) is 44.4 Å². The van der Waals surface area contributed by atoms with Gasteiger partial charge in [-0.25, -0.2) is 4.79 Å². The molecule has 8 heteroatoms. The first-order valence-electron chi connectivity index (χ1n) is 6.66. The largest absolute Gasteiger partial charge is 0.443 e. The quantitative estimate of drug-likeness (QED) is 0.325. The number of carbonyl (C=O) groups excluding carboxylic acids is 1. The minimum absolute atomic E-state index is 0.262. The number of hydrogen-bond acceptors (Lipinski definition) is 3. The molecule has 4 nitrogen and oxygen atoms in total. The van der Waals surface area contributed by atoms with Gasteiger partial charge in [0, 0.05) is 5.33 Å². The normalized spacial score (nSPS) is 11.3. The molecule has 0 atom stereocenters. The molecule has 1 amide bonds. The van der Waals surface area contributed by atoms with Crippen LogP contribution in [-0.4, -0.2) is 33.4 Å². The molecule has 0 aromatic heterocycles. The van der Waals surface area contributed by atoms with Crippen LogP contribution >= 0.6 is 50.7 Å². The molecule has 0 N–H and O–H groups in total. The number of unbranched alkanes of at least 4 members (excludes halogenated alkanes) is 1. The molecule has 0 aliphatic heterocycles. The molecule has 0 aliphatic rings. The van der Waals surface area contributed by atoms with Crippen LogP contribution in [0, 0.1) is 0 Å². The summed E-state index contributed by atoms with van der Waals surface area (Å²) in [5.74, 6) is 0. The number of carbonyl (C=O) groups is 1. The first-order chi connectivity index (χ1) is 10.4. The van der Waals surface area contributed by atoms with Crippen molar-refractivity contribution in [3.63, 3.8) is 0 Å². The van der Waals surface area contributed by atoms with Crippen LogP contribution in [0.5, 0.6) is 0 Å². The molecule has 1 aromatic carbocycles. The monoisotopic (exact) mass is 431 g/mol. The maximum atomic E-state index is 12.0. The Labute approximate surface area is 153 Å². The van der Waals surface area contributed by atoms with Gasteiger partial charge in [-0.15, -0.1) is 0 Å². The fourth-order valence-corrected chi connectivity index (χ4v) is 2.06. The number of halogens is 4. The van der Waals surface area contributed by atoms with Gasteiger partial charge in [-0.2, -0.15) is 5.06 Å². The van der Waals surface area contributed by atoms with Gasteiger partial charge in [0.1, 0.15) is 13.2 Å². The SMILES string of the molecule is O=C(OCC(Cl)(Cl)Cl)N(CCCCBr)OCc1ccccc1. The van der Waals surface area contributed by atoms with Gasteiger partial charge in [0.2, 0.25) is 3.79 Å². The molecule has 0 spiro atoms. The summed E-state index contributed by atoms with van der Waals surface area (Å²) in [5, 5.41) is 2.01. The van der Waals surface area contributed by atoms with Crippen molar-refractivity contribution in [3.8, 4) is 0 Å². The molecule has 0 fully saturated rings. The van der Waals surface area contributed by atoms with Gasteiger partial charge < -0.3 is 4.74 Å². The number of hydroxylamine groups is 2. The topological polar surface area (TPSA) is 38.8 Å². The highest BCUT2D eigenvalue weighted by Gasteiger charge is 2.25. The molecular weight excluding hydrogens is 416 g/mol. The first-order valence-corrected chi connectivity index (χ1v) is 8.92. The average Bonchev–Trinajstić information content (AvgIpc) is 2.48. The fraction of sp³-hybridized carbons (Fsp3) is 0.500. The number of hydrogen-bond donors (Lipinski definition) is 0. The lowest BCUT2D eigenvalue weighted by molar-refractivity contribution is -0.146. The minimum Gasteiger partial charge on any atom is -0.443 e. The highest BCUT2D eigenvalue weighted by Crippen LogP contribution is 2.26. The Kier molecular flexibility index (Phi) is 9.52. The predicted octanol–water partition coefficient (Wildman–Crippen LogP) is 5.10. The third-order valence-corrected chi connectivity index (χ3v) is 3.43. The summed E-state index contributed by atoms with van der Waals surface area (Å²) in [6.45, 7) is 0.329. The van der Waals surface area contributed by atoms with Crippen LogP contribution in [0.2, 0.25) is 0 Å². The Balaban J connectivity index is 2.52. The zero-order valence-electron chi connectivity index (χ0n) is 11.8. The number of amides is 1. The van der Waals surface area contributed by atoms with E-state index in [1.165, 1.54) is 0 Å². The van der Waals surface area contributed by atoms with E-state index in [-0.39, 0.29) is 13.2 Å². The Morgan fingerprint density at radius 3 is 2.45 bits per heavy atom. The molecule has 0 saturated carbocycles. The van der Waals surface area contributed by atoms with E-state index in [1.807, 2.05) is 30.3 Å². The molecule has 124 valence electrons. The van der Waals surface area contributed by atoms with Gasteiger partial charge in [0.05, 0.1) is 6.54 Å². The van der Waals surface area contributed by atoms with E-state index < -0.39 is 9.89 Å². The van der Waals surface area contributed by atoms with E-state index in [9.17, 15) is 4.79 Å². The summed E-state index contributed by atoms with van der Waals surface area (Å²) >= 11 is 20.1. The molecule has 0 saturated heterocycles. The van der Waals surface area contributed by atoms with Crippen molar-refractivity contribution in [2.24, 2.45) is 0 Å². The van der Waals surface area contributed by atoms with Gasteiger partial charge >= 0.3 is 6.09 Å². The molecule has 0 heterocycles. The Hall–Kier alpha value is -0.200. The van der Waals surface area contributed by atoms with Crippen LogP contribution in [0.25, 0.3) is 0 Å². The maximum Gasteiger partial charge on any atom is 0.434 e. The van der Waals surface area contributed by atoms with Crippen LogP contribution in [0.15, 0.2) is 30.3 Å². The molecule has 1 aromatic rings. The van der Waals surface area contributed by atoms with E-state index in [2.05, 4.69) is 15.9 Å². The summed E-state index contributed by atoms with van der Waals surface area (Å²) in [4.78, 5) is 17.5. The third kappa shape index (κ3) is 9.06. The molecule has 0 aliphatic carbocycles. The number of nitrogens with zero attached hydrogens (tertiary/aromatic N) is 1. The summed E-state index contributed by atoms with van der Waals surface area (Å²) in [5.41, 5.74) is 0.946. The van der Waals surface area contributed by atoms with Gasteiger partial charge in [-0.3, -0.25) is 4.84 Å². The van der Waals surface area contributed by atoms with Gasteiger partial charge in [-0.05, 0) is 18.4 Å². The number of rotatable bonds is 8. The van der Waals surface area contributed by atoms with E-state index in [1.54, 1.807) is 0 Å². The summed E-state index contributed by atoms with van der Waals surface area (Å²) in [6.07, 6.45) is 1.00. The van der Waals surface area contributed by atoms with E-state index >= 15 is 0 Å². The second-order valence-electron chi connectivity index (χ2n) is 4.43. The smallest absolute Gasteiger partial charge is 0.434 e. The number of alkyl halides is 4. The Morgan fingerprint density at radius 1 is 1.18 bits per heavy atom. The predicted molar refractivity (Wildman–Crippen MR) is 92.6 cm³/mol. The van der Waals surface area contributed by atoms with Crippen LogP contribution in [-0.2, 0) is 16.2 Å². The molecular formula is C14H17BrCl3NO3. The summed E-state index contributed by atoms with van der Waals surface area (Å²) in [7, 11) is 0. The van der Waals surface area contributed by atoms with Crippen molar-refractivity contribution in [2.45, 2.75) is 23.2 Å². The lowest BCUT2D eigenvalue weighted by Gasteiger charge is -2.22. The molecule has 0 radical (unpaired) electrons. The van der Waals surface area contributed by atoms with Crippen LogP contribution in [0.1, 0.15) is 18.4 Å². The second kappa shape index (κ2) is 10.6. The molecule has 22 heavy (non-hydrogen) atoms. The third-order valence-electron chi connectivity index (χ3n) is 2.54. The van der Waals surface area contributed by atoms with E-state index in [0.717, 1.165) is 28.8 Å². The average molecular weight is 434 g/mol. The lowest BCUT2D eigenvalue weighted by Crippen LogP contribution is -2.34. The summed E-state index contributed by atoms with van der Waals surface area (Å²) < 4.78 is 3.30. The maximum absolute atomic E-state index is 12.0. The standard InChI is InChI=1S/C14H17BrCl3NO3/c15-8-4-5-9-19(13(20)21-11-14(16,17)18)22-10-12-6-2-1-3-7-12/h1-3,6-7H,4-5,8-11H2.